The van der Waals surface area contributed by atoms with Gasteiger partial charge < -0.3 is 10.1 Å². The Balaban J connectivity index is 1.56. The summed E-state index contributed by atoms with van der Waals surface area (Å²) in [4.78, 5) is 11.4. The van der Waals surface area contributed by atoms with E-state index in [1.807, 2.05) is 30.3 Å². The number of carbonyl (C=O) groups excluding carboxylic acids is 1. The minimum atomic E-state index is -4.91. The molecule has 0 unspecified atom stereocenters. The average molecular weight is 457 g/mol. The number of amides is 1. The van der Waals surface area contributed by atoms with Crippen LogP contribution in [0, 0.1) is 0 Å². The van der Waals surface area contributed by atoms with Gasteiger partial charge in [0.25, 0.3) is 0 Å². The molecule has 1 N–H and O–H groups in total. The third-order valence-corrected chi connectivity index (χ3v) is 6.33. The molecule has 2 aromatic carbocycles. The lowest BCUT2D eigenvalue weighted by Crippen LogP contribution is -2.72. The Bertz CT molecular complexity index is 967. The van der Waals surface area contributed by atoms with Crippen molar-refractivity contribution in [3.05, 3.63) is 70.8 Å². The Morgan fingerprint density at radius 3 is 1.97 bits per heavy atom. The van der Waals surface area contributed by atoms with Crippen molar-refractivity contribution in [2.75, 3.05) is 6.61 Å². The lowest BCUT2D eigenvalue weighted by Gasteiger charge is -2.60. The molecule has 32 heavy (non-hydrogen) atoms. The lowest BCUT2D eigenvalue weighted by molar-refractivity contribution is -0.145. The summed E-state index contributed by atoms with van der Waals surface area (Å²) in [5.41, 5.74) is -2.75. The standard InChI is InChI=1S/C23H21F6NO2/c1-14(15-7-17(22(24,25)26)9-18(8-15)23(27,28)29)32-13-20(16-5-3-2-4-6-16)11-21(12-20)10-19(31)30-21/h2-9,14H,10-13H2,1H3,(H,30,31)/t14-,20-,21-/m1/s1. The van der Waals surface area contributed by atoms with Crippen LogP contribution in [0.2, 0.25) is 0 Å². The highest BCUT2D eigenvalue weighted by Crippen LogP contribution is 2.55. The molecule has 0 bridgehead atoms. The number of nitrogens with one attached hydrogen (secondary N) is 1. The molecule has 0 radical (unpaired) electrons. The van der Waals surface area contributed by atoms with Crippen molar-refractivity contribution >= 4 is 5.91 Å². The molecule has 3 nitrogen and oxygen atoms in total. The van der Waals surface area contributed by atoms with E-state index in [-0.39, 0.29) is 29.7 Å². The van der Waals surface area contributed by atoms with Crippen LogP contribution in [-0.4, -0.2) is 18.1 Å². The molecular weight excluding hydrogens is 436 g/mol. The number of β-lactam (4-membered cyclic amide) rings is 1. The van der Waals surface area contributed by atoms with Crippen LogP contribution < -0.4 is 5.32 Å². The van der Waals surface area contributed by atoms with E-state index in [4.69, 9.17) is 4.74 Å². The summed E-state index contributed by atoms with van der Waals surface area (Å²) in [7, 11) is 0. The van der Waals surface area contributed by atoms with E-state index in [0.717, 1.165) is 5.56 Å². The topological polar surface area (TPSA) is 38.3 Å². The Kier molecular flexibility index (Phi) is 5.31. The molecule has 1 spiro atoms. The second kappa shape index (κ2) is 7.50. The van der Waals surface area contributed by atoms with Gasteiger partial charge in [0.15, 0.2) is 0 Å². The zero-order valence-electron chi connectivity index (χ0n) is 17.1. The van der Waals surface area contributed by atoms with Gasteiger partial charge >= 0.3 is 12.4 Å². The Hall–Kier alpha value is -2.55. The number of benzene rings is 2. The minimum Gasteiger partial charge on any atom is -0.373 e. The van der Waals surface area contributed by atoms with Gasteiger partial charge in [-0.15, -0.1) is 0 Å². The van der Waals surface area contributed by atoms with Gasteiger partial charge in [0.1, 0.15) is 0 Å². The van der Waals surface area contributed by atoms with Gasteiger partial charge in [-0.2, -0.15) is 26.3 Å². The van der Waals surface area contributed by atoms with Gasteiger partial charge in [-0.05, 0) is 49.1 Å². The Morgan fingerprint density at radius 1 is 0.969 bits per heavy atom. The Morgan fingerprint density at radius 2 is 1.50 bits per heavy atom. The van der Waals surface area contributed by atoms with Gasteiger partial charge in [-0.1, -0.05) is 30.3 Å². The third-order valence-electron chi connectivity index (χ3n) is 6.33. The maximum Gasteiger partial charge on any atom is 0.416 e. The summed E-state index contributed by atoms with van der Waals surface area (Å²) >= 11 is 0. The van der Waals surface area contributed by atoms with Crippen molar-refractivity contribution in [3.8, 4) is 0 Å². The minimum absolute atomic E-state index is 0.0374. The second-order valence-corrected chi connectivity index (χ2v) is 8.80. The molecular formula is C23H21F6NO2. The van der Waals surface area contributed by atoms with Crippen LogP contribution in [0.25, 0.3) is 0 Å². The molecule has 1 atom stereocenters. The molecule has 1 saturated carbocycles. The first-order chi connectivity index (χ1) is 14.8. The maximum absolute atomic E-state index is 13.2. The lowest BCUT2D eigenvalue weighted by atomic mass is 9.51. The molecule has 0 aromatic heterocycles. The van der Waals surface area contributed by atoms with Crippen molar-refractivity contribution in [2.24, 2.45) is 0 Å². The summed E-state index contributed by atoms with van der Waals surface area (Å²) in [5.74, 6) is -0.0374. The van der Waals surface area contributed by atoms with Gasteiger partial charge in [0.05, 0.1) is 29.4 Å². The van der Waals surface area contributed by atoms with Gasteiger partial charge in [-0.3, -0.25) is 4.79 Å². The van der Waals surface area contributed by atoms with E-state index in [1.54, 1.807) is 0 Å². The van der Waals surface area contributed by atoms with Crippen LogP contribution in [0.3, 0.4) is 0 Å². The highest BCUT2D eigenvalue weighted by Gasteiger charge is 2.61. The van der Waals surface area contributed by atoms with Crippen LogP contribution in [-0.2, 0) is 27.3 Å². The summed E-state index contributed by atoms with van der Waals surface area (Å²) in [5, 5.41) is 2.90. The zero-order valence-corrected chi connectivity index (χ0v) is 17.1. The monoisotopic (exact) mass is 457 g/mol. The summed E-state index contributed by atoms with van der Waals surface area (Å²) in [6.45, 7) is 1.54. The first kappa shape index (κ1) is 22.6. The van der Waals surface area contributed by atoms with Crippen LogP contribution in [0.1, 0.15) is 54.5 Å². The number of carbonyl (C=O) groups is 1. The van der Waals surface area contributed by atoms with Crippen LogP contribution in [0.4, 0.5) is 26.3 Å². The predicted octanol–water partition coefficient (Wildman–Crippen LogP) is 5.79. The summed E-state index contributed by atoms with van der Waals surface area (Å²) < 4.78 is 84.9. The van der Waals surface area contributed by atoms with Crippen molar-refractivity contribution in [2.45, 2.75) is 55.6 Å². The van der Waals surface area contributed by atoms with Crippen molar-refractivity contribution in [3.63, 3.8) is 0 Å². The maximum atomic E-state index is 13.2. The van der Waals surface area contributed by atoms with Crippen LogP contribution >= 0.6 is 0 Å². The van der Waals surface area contributed by atoms with E-state index in [9.17, 15) is 31.1 Å². The van der Waals surface area contributed by atoms with Crippen molar-refractivity contribution in [1.29, 1.82) is 0 Å². The first-order valence-corrected chi connectivity index (χ1v) is 10.1. The highest BCUT2D eigenvalue weighted by molar-refractivity contribution is 5.85. The normalized spacial score (nSPS) is 26.3. The van der Waals surface area contributed by atoms with Gasteiger partial charge in [0, 0.05) is 11.8 Å². The van der Waals surface area contributed by atoms with E-state index < -0.39 is 35.0 Å². The molecule has 1 amide bonds. The summed E-state index contributed by atoms with van der Waals surface area (Å²) in [6, 6.07) is 10.9. The molecule has 172 valence electrons. The third kappa shape index (κ3) is 4.22. The fourth-order valence-electron chi connectivity index (χ4n) is 4.82. The molecule has 9 heteroatoms. The molecule has 1 saturated heterocycles. The predicted molar refractivity (Wildman–Crippen MR) is 104 cm³/mol. The molecule has 4 rings (SSSR count). The number of halogens is 6. The molecule has 2 aliphatic rings. The Labute approximate surface area is 180 Å². The molecule has 2 aromatic rings. The quantitative estimate of drug-likeness (QED) is 0.456. The number of hydrogen-bond donors (Lipinski definition) is 1. The highest BCUT2D eigenvalue weighted by atomic mass is 19.4. The fourth-order valence-corrected chi connectivity index (χ4v) is 4.82. The fraction of sp³-hybridized carbons (Fsp3) is 0.435. The number of ether oxygens (including phenoxy) is 1. The zero-order chi connectivity index (χ0) is 23.4. The van der Waals surface area contributed by atoms with Crippen LogP contribution in [0.5, 0.6) is 0 Å². The molecule has 1 aliphatic heterocycles. The van der Waals surface area contributed by atoms with E-state index in [1.165, 1.54) is 6.92 Å². The molecule has 2 fully saturated rings. The number of hydrogen-bond acceptors (Lipinski definition) is 2. The number of alkyl halides is 6. The smallest absolute Gasteiger partial charge is 0.373 e. The van der Waals surface area contributed by atoms with Gasteiger partial charge in [0.2, 0.25) is 5.91 Å². The van der Waals surface area contributed by atoms with E-state index >= 15 is 0 Å². The van der Waals surface area contributed by atoms with Crippen molar-refractivity contribution < 1.29 is 35.9 Å². The van der Waals surface area contributed by atoms with Crippen LogP contribution in [0.15, 0.2) is 48.5 Å². The van der Waals surface area contributed by atoms with E-state index in [0.29, 0.717) is 31.4 Å². The second-order valence-electron chi connectivity index (χ2n) is 8.80. The molecule has 1 aliphatic carbocycles. The molecule has 1 heterocycles. The van der Waals surface area contributed by atoms with Gasteiger partial charge in [-0.25, -0.2) is 0 Å². The summed E-state index contributed by atoms with van der Waals surface area (Å²) in [6.07, 6.45) is -9.23. The SMILES string of the molecule is C[C@@H](OC[C@]1(c2ccccc2)C[C@@]2(CC(=O)N2)C1)c1cc(C(F)(F)F)cc(C(F)(F)F)c1. The first-order valence-electron chi connectivity index (χ1n) is 10.1. The average Bonchev–Trinajstić information content (AvgIpc) is 2.67. The largest absolute Gasteiger partial charge is 0.416 e. The van der Waals surface area contributed by atoms with E-state index in [2.05, 4.69) is 5.32 Å². The van der Waals surface area contributed by atoms with Crippen molar-refractivity contribution in [1.82, 2.24) is 5.32 Å². The number of rotatable bonds is 5.